The lowest BCUT2D eigenvalue weighted by molar-refractivity contribution is 0.437. The molecule has 0 aliphatic carbocycles. The maximum absolute atomic E-state index is 12.2. The average Bonchev–Trinajstić information content (AvgIpc) is 2.24. The van der Waals surface area contributed by atoms with Crippen LogP contribution in [0.1, 0.15) is 27.2 Å². The average molecular weight is 291 g/mol. The predicted molar refractivity (Wildman–Crippen MR) is 75.1 cm³/mol. The molecule has 0 spiro atoms. The number of nitrogen functional groups attached to an aromatic ring is 1. The number of anilines is 1. The van der Waals surface area contributed by atoms with E-state index in [2.05, 4.69) is 4.72 Å². The summed E-state index contributed by atoms with van der Waals surface area (Å²) in [6.07, 6.45) is 0.727. The summed E-state index contributed by atoms with van der Waals surface area (Å²) in [6, 6.07) is 4.27. The van der Waals surface area contributed by atoms with Gasteiger partial charge in [-0.1, -0.05) is 32.4 Å². The van der Waals surface area contributed by atoms with Gasteiger partial charge in [0.1, 0.15) is 4.90 Å². The molecule has 18 heavy (non-hydrogen) atoms. The van der Waals surface area contributed by atoms with Crippen LogP contribution in [-0.2, 0) is 10.0 Å². The van der Waals surface area contributed by atoms with Gasteiger partial charge in [-0.25, -0.2) is 13.1 Å². The molecular formula is C12H19ClN2O2S. The van der Waals surface area contributed by atoms with Gasteiger partial charge in [0.15, 0.2) is 0 Å². The van der Waals surface area contributed by atoms with Crippen LogP contribution in [0.3, 0.4) is 0 Å². The highest BCUT2D eigenvalue weighted by Gasteiger charge is 2.23. The summed E-state index contributed by atoms with van der Waals surface area (Å²) < 4.78 is 27.1. The van der Waals surface area contributed by atoms with E-state index >= 15 is 0 Å². The highest BCUT2D eigenvalue weighted by atomic mass is 35.5. The second kappa shape index (κ2) is 5.91. The number of hydrogen-bond donors (Lipinski definition) is 2. The summed E-state index contributed by atoms with van der Waals surface area (Å²) in [5.74, 6) is 0.221. The summed E-state index contributed by atoms with van der Waals surface area (Å²) in [6.45, 7) is 5.89. The van der Waals surface area contributed by atoms with Gasteiger partial charge in [0, 0.05) is 11.1 Å². The lowest BCUT2D eigenvalue weighted by atomic mass is 10.0. The van der Waals surface area contributed by atoms with Gasteiger partial charge < -0.3 is 5.73 Å². The first-order valence-corrected chi connectivity index (χ1v) is 7.71. The molecule has 102 valence electrons. The molecule has 0 bridgehead atoms. The van der Waals surface area contributed by atoms with Crippen LogP contribution in [0.5, 0.6) is 0 Å². The minimum atomic E-state index is -3.60. The molecule has 1 atom stereocenters. The smallest absolute Gasteiger partial charge is 0.242 e. The first-order chi connectivity index (χ1) is 8.27. The van der Waals surface area contributed by atoms with Crippen LogP contribution in [0.2, 0.25) is 5.02 Å². The van der Waals surface area contributed by atoms with Crippen LogP contribution >= 0.6 is 11.6 Å². The summed E-state index contributed by atoms with van der Waals surface area (Å²) in [4.78, 5) is 0.0750. The van der Waals surface area contributed by atoms with Gasteiger partial charge in [0.25, 0.3) is 0 Å². The van der Waals surface area contributed by atoms with Gasteiger partial charge in [-0.05, 0) is 30.5 Å². The van der Waals surface area contributed by atoms with Crippen molar-refractivity contribution in [3.05, 3.63) is 23.2 Å². The zero-order chi connectivity index (χ0) is 13.9. The van der Waals surface area contributed by atoms with Crippen LogP contribution in [-0.4, -0.2) is 14.5 Å². The zero-order valence-corrected chi connectivity index (χ0v) is 12.3. The minimum absolute atomic E-state index is 0.0750. The molecule has 3 N–H and O–H groups in total. The normalized spacial score (nSPS) is 13.8. The monoisotopic (exact) mass is 290 g/mol. The molecule has 0 radical (unpaired) electrons. The van der Waals surface area contributed by atoms with Crippen molar-refractivity contribution in [1.82, 2.24) is 4.72 Å². The molecule has 0 saturated heterocycles. The number of halogens is 1. The quantitative estimate of drug-likeness (QED) is 0.819. The van der Waals surface area contributed by atoms with Crippen LogP contribution in [0.25, 0.3) is 0 Å². The Morgan fingerprint density at radius 3 is 2.44 bits per heavy atom. The van der Waals surface area contributed by atoms with Crippen molar-refractivity contribution in [3.63, 3.8) is 0 Å². The number of nitrogens with two attached hydrogens (primary N) is 1. The number of rotatable bonds is 5. The largest absolute Gasteiger partial charge is 0.398 e. The first-order valence-electron chi connectivity index (χ1n) is 5.85. The molecule has 0 aromatic heterocycles. The van der Waals surface area contributed by atoms with E-state index in [9.17, 15) is 8.42 Å². The van der Waals surface area contributed by atoms with Crippen LogP contribution in [0.4, 0.5) is 5.69 Å². The predicted octanol–water partition coefficient (Wildman–Crippen LogP) is 2.64. The van der Waals surface area contributed by atoms with Crippen molar-refractivity contribution in [2.75, 3.05) is 5.73 Å². The van der Waals surface area contributed by atoms with Crippen molar-refractivity contribution in [1.29, 1.82) is 0 Å². The number of benzene rings is 1. The van der Waals surface area contributed by atoms with Crippen LogP contribution in [0.15, 0.2) is 23.1 Å². The lowest BCUT2D eigenvalue weighted by Gasteiger charge is -2.21. The standard InChI is InChI=1S/C12H19ClN2O2S/c1-4-11(8(2)3)15-18(16,17)12-6-5-9(13)7-10(12)14/h5-8,11,15H,4,14H2,1-3H3. The molecular weight excluding hydrogens is 272 g/mol. The van der Waals surface area contributed by atoms with Gasteiger partial charge in [-0.15, -0.1) is 0 Å². The molecule has 6 heteroatoms. The van der Waals surface area contributed by atoms with Crippen LogP contribution in [0, 0.1) is 5.92 Å². The Morgan fingerprint density at radius 1 is 1.39 bits per heavy atom. The fourth-order valence-corrected chi connectivity index (χ4v) is 3.48. The van der Waals surface area contributed by atoms with E-state index in [0.717, 1.165) is 6.42 Å². The summed E-state index contributed by atoms with van der Waals surface area (Å²) >= 11 is 5.76. The Bertz CT molecular complexity index is 515. The maximum atomic E-state index is 12.2. The Hall–Kier alpha value is -0.780. The van der Waals surface area contributed by atoms with Gasteiger partial charge in [0.2, 0.25) is 10.0 Å². The molecule has 1 rings (SSSR count). The highest BCUT2D eigenvalue weighted by Crippen LogP contribution is 2.23. The lowest BCUT2D eigenvalue weighted by Crippen LogP contribution is -2.38. The van der Waals surface area contributed by atoms with E-state index in [-0.39, 0.29) is 22.5 Å². The fourth-order valence-electron chi connectivity index (χ4n) is 1.72. The van der Waals surface area contributed by atoms with Gasteiger partial charge in [0.05, 0.1) is 5.69 Å². The molecule has 0 amide bonds. The van der Waals surface area contributed by atoms with Gasteiger partial charge >= 0.3 is 0 Å². The summed E-state index contributed by atoms with van der Waals surface area (Å²) in [7, 11) is -3.60. The third-order valence-electron chi connectivity index (χ3n) is 2.81. The van der Waals surface area contributed by atoms with E-state index in [1.807, 2.05) is 20.8 Å². The highest BCUT2D eigenvalue weighted by molar-refractivity contribution is 7.89. The first kappa shape index (κ1) is 15.3. The molecule has 0 aliphatic rings. The van der Waals surface area contributed by atoms with Crippen LogP contribution < -0.4 is 10.5 Å². The second-order valence-electron chi connectivity index (χ2n) is 4.56. The van der Waals surface area contributed by atoms with Gasteiger partial charge in [-0.2, -0.15) is 0 Å². The molecule has 0 heterocycles. The Kier molecular flexibility index (Phi) is 5.01. The Balaban J connectivity index is 3.06. The topological polar surface area (TPSA) is 72.2 Å². The summed E-state index contributed by atoms with van der Waals surface area (Å²) in [5, 5.41) is 0.419. The number of sulfonamides is 1. The molecule has 1 unspecified atom stereocenters. The van der Waals surface area contributed by atoms with E-state index in [1.54, 1.807) is 0 Å². The third-order valence-corrected chi connectivity index (χ3v) is 4.61. The third kappa shape index (κ3) is 3.60. The fraction of sp³-hybridized carbons (Fsp3) is 0.500. The molecule has 1 aromatic carbocycles. The summed E-state index contributed by atoms with van der Waals surface area (Å²) in [5.41, 5.74) is 5.86. The van der Waals surface area contributed by atoms with E-state index < -0.39 is 10.0 Å². The number of hydrogen-bond acceptors (Lipinski definition) is 3. The van der Waals surface area contributed by atoms with Gasteiger partial charge in [-0.3, -0.25) is 0 Å². The van der Waals surface area contributed by atoms with Crippen molar-refractivity contribution in [3.8, 4) is 0 Å². The van der Waals surface area contributed by atoms with E-state index in [1.165, 1.54) is 18.2 Å². The minimum Gasteiger partial charge on any atom is -0.398 e. The zero-order valence-electron chi connectivity index (χ0n) is 10.8. The SMILES string of the molecule is CCC(NS(=O)(=O)c1ccc(Cl)cc1N)C(C)C. The molecule has 4 nitrogen and oxygen atoms in total. The maximum Gasteiger partial charge on any atom is 0.242 e. The van der Waals surface area contributed by atoms with E-state index in [4.69, 9.17) is 17.3 Å². The Labute approximate surface area is 114 Å². The molecule has 0 aliphatic heterocycles. The second-order valence-corrected chi connectivity index (χ2v) is 6.68. The molecule has 0 fully saturated rings. The van der Waals surface area contributed by atoms with E-state index in [0.29, 0.717) is 5.02 Å². The molecule has 0 saturated carbocycles. The van der Waals surface area contributed by atoms with Crippen molar-refractivity contribution in [2.24, 2.45) is 5.92 Å². The van der Waals surface area contributed by atoms with Crippen molar-refractivity contribution in [2.45, 2.75) is 38.1 Å². The van der Waals surface area contributed by atoms with Crippen molar-refractivity contribution < 1.29 is 8.42 Å². The van der Waals surface area contributed by atoms with Crippen molar-refractivity contribution >= 4 is 27.3 Å². The molecule has 1 aromatic rings. The Morgan fingerprint density at radius 2 is 2.00 bits per heavy atom. The number of nitrogens with one attached hydrogen (secondary N) is 1.